The Hall–Kier alpha value is -2.94. The predicted molar refractivity (Wildman–Crippen MR) is 97.4 cm³/mol. The van der Waals surface area contributed by atoms with E-state index in [2.05, 4.69) is 6.92 Å². The molecule has 0 radical (unpaired) electrons. The number of ether oxygens (including phenoxy) is 1. The van der Waals surface area contributed by atoms with Crippen molar-refractivity contribution in [1.82, 2.24) is 0 Å². The van der Waals surface area contributed by atoms with Crippen molar-refractivity contribution in [3.05, 3.63) is 89.2 Å². The van der Waals surface area contributed by atoms with Crippen LogP contribution in [0, 0.1) is 12.7 Å². The number of hydrogen-bond donors (Lipinski definition) is 0. The first-order valence-electron chi connectivity index (χ1n) is 8.24. The standard InChI is InChI=1S/C22H19FO2/c1-3-16-5-8-18(9-6-16)22(24)25-20-12-10-17(11-13-20)19-7-4-15(2)21(23)14-19/h4-14H,3H2,1-2H3. The van der Waals surface area contributed by atoms with Gasteiger partial charge in [0, 0.05) is 0 Å². The number of carbonyl (C=O) groups is 1. The fourth-order valence-electron chi connectivity index (χ4n) is 2.53. The molecule has 3 aromatic rings. The number of halogens is 1. The van der Waals surface area contributed by atoms with Gasteiger partial charge in [-0.25, -0.2) is 9.18 Å². The summed E-state index contributed by atoms with van der Waals surface area (Å²) in [6.45, 7) is 3.80. The summed E-state index contributed by atoms with van der Waals surface area (Å²) in [5.41, 5.74) is 3.96. The van der Waals surface area contributed by atoms with Crippen LogP contribution in [-0.4, -0.2) is 5.97 Å². The van der Waals surface area contributed by atoms with Gasteiger partial charge in [0.1, 0.15) is 11.6 Å². The van der Waals surface area contributed by atoms with E-state index in [1.807, 2.05) is 30.3 Å². The molecule has 0 heterocycles. The fourth-order valence-corrected chi connectivity index (χ4v) is 2.53. The highest BCUT2D eigenvalue weighted by Crippen LogP contribution is 2.24. The Morgan fingerprint density at radius 3 is 2.16 bits per heavy atom. The third-order valence-electron chi connectivity index (χ3n) is 4.17. The molecule has 0 bridgehead atoms. The average Bonchev–Trinajstić information content (AvgIpc) is 2.64. The van der Waals surface area contributed by atoms with Crippen molar-refractivity contribution in [2.45, 2.75) is 20.3 Å². The van der Waals surface area contributed by atoms with E-state index in [4.69, 9.17) is 4.74 Å². The zero-order chi connectivity index (χ0) is 17.8. The van der Waals surface area contributed by atoms with Crippen molar-refractivity contribution in [1.29, 1.82) is 0 Å². The number of aryl methyl sites for hydroxylation is 2. The van der Waals surface area contributed by atoms with Gasteiger partial charge in [-0.05, 0) is 65.9 Å². The molecule has 0 fully saturated rings. The Morgan fingerprint density at radius 1 is 0.920 bits per heavy atom. The quantitative estimate of drug-likeness (QED) is 0.460. The van der Waals surface area contributed by atoms with Gasteiger partial charge in [-0.3, -0.25) is 0 Å². The Morgan fingerprint density at radius 2 is 1.56 bits per heavy atom. The highest BCUT2D eigenvalue weighted by Gasteiger charge is 2.09. The molecule has 3 heteroatoms. The summed E-state index contributed by atoms with van der Waals surface area (Å²) in [4.78, 5) is 12.2. The minimum atomic E-state index is -0.392. The zero-order valence-corrected chi connectivity index (χ0v) is 14.3. The van der Waals surface area contributed by atoms with Crippen LogP contribution in [0.1, 0.15) is 28.4 Å². The average molecular weight is 334 g/mol. The summed E-state index contributed by atoms with van der Waals surface area (Å²) < 4.78 is 19.1. The largest absolute Gasteiger partial charge is 0.423 e. The van der Waals surface area contributed by atoms with Gasteiger partial charge >= 0.3 is 5.97 Å². The number of benzene rings is 3. The van der Waals surface area contributed by atoms with Crippen molar-refractivity contribution >= 4 is 5.97 Å². The van der Waals surface area contributed by atoms with Gasteiger partial charge in [0.2, 0.25) is 0 Å². The first-order chi connectivity index (χ1) is 12.1. The molecule has 0 amide bonds. The Bertz CT molecular complexity index is 881. The maximum Gasteiger partial charge on any atom is 0.343 e. The molecule has 3 aromatic carbocycles. The molecule has 126 valence electrons. The number of carbonyl (C=O) groups excluding carboxylic acids is 1. The van der Waals surface area contributed by atoms with Crippen LogP contribution in [0.5, 0.6) is 5.75 Å². The molecule has 0 atom stereocenters. The molecule has 0 aliphatic carbocycles. The summed E-state index contributed by atoms with van der Waals surface area (Å²) in [5, 5.41) is 0. The molecule has 0 aliphatic rings. The number of hydrogen-bond acceptors (Lipinski definition) is 2. The van der Waals surface area contributed by atoms with Gasteiger partial charge in [-0.15, -0.1) is 0 Å². The summed E-state index contributed by atoms with van der Waals surface area (Å²) in [6, 6.07) is 19.6. The van der Waals surface area contributed by atoms with Crippen molar-refractivity contribution in [2.24, 2.45) is 0 Å². The Labute approximate surface area is 146 Å². The van der Waals surface area contributed by atoms with Crippen molar-refractivity contribution in [3.8, 4) is 16.9 Å². The highest BCUT2D eigenvalue weighted by molar-refractivity contribution is 5.91. The SMILES string of the molecule is CCc1ccc(C(=O)Oc2ccc(-c3ccc(C)c(F)c3)cc2)cc1. The van der Waals surface area contributed by atoms with Crippen LogP contribution in [0.15, 0.2) is 66.7 Å². The minimum Gasteiger partial charge on any atom is -0.423 e. The van der Waals surface area contributed by atoms with Crippen LogP contribution in [0.25, 0.3) is 11.1 Å². The summed E-state index contributed by atoms with van der Waals surface area (Å²) in [7, 11) is 0. The first kappa shape index (κ1) is 16.9. The van der Waals surface area contributed by atoms with Gasteiger partial charge in [0.05, 0.1) is 5.56 Å². The molecule has 25 heavy (non-hydrogen) atoms. The maximum absolute atomic E-state index is 13.7. The fraction of sp³-hybridized carbons (Fsp3) is 0.136. The Kier molecular flexibility index (Phi) is 4.94. The molecule has 3 rings (SSSR count). The second kappa shape index (κ2) is 7.31. The number of rotatable bonds is 4. The zero-order valence-electron chi connectivity index (χ0n) is 14.3. The van der Waals surface area contributed by atoms with E-state index in [1.165, 1.54) is 11.6 Å². The van der Waals surface area contributed by atoms with Gasteiger partial charge < -0.3 is 4.74 Å². The normalized spacial score (nSPS) is 10.5. The van der Waals surface area contributed by atoms with E-state index in [-0.39, 0.29) is 5.82 Å². The Balaban J connectivity index is 1.73. The molecular weight excluding hydrogens is 315 g/mol. The van der Waals surface area contributed by atoms with E-state index in [0.717, 1.165) is 17.5 Å². The first-order valence-corrected chi connectivity index (χ1v) is 8.24. The van der Waals surface area contributed by atoms with E-state index >= 15 is 0 Å². The lowest BCUT2D eigenvalue weighted by atomic mass is 10.0. The van der Waals surface area contributed by atoms with Gasteiger partial charge in [0.25, 0.3) is 0 Å². The molecule has 0 unspecified atom stereocenters. The second-order valence-electron chi connectivity index (χ2n) is 5.93. The van der Waals surface area contributed by atoms with Crippen molar-refractivity contribution in [2.75, 3.05) is 0 Å². The van der Waals surface area contributed by atoms with E-state index < -0.39 is 5.97 Å². The second-order valence-corrected chi connectivity index (χ2v) is 5.93. The van der Waals surface area contributed by atoms with E-state index in [1.54, 1.807) is 37.3 Å². The predicted octanol–water partition coefficient (Wildman–Crippen LogP) is 5.58. The monoisotopic (exact) mass is 334 g/mol. The smallest absolute Gasteiger partial charge is 0.343 e. The third-order valence-corrected chi connectivity index (χ3v) is 4.17. The summed E-state index contributed by atoms with van der Waals surface area (Å²) >= 11 is 0. The van der Waals surface area contributed by atoms with Gasteiger partial charge in [0.15, 0.2) is 0 Å². The summed E-state index contributed by atoms with van der Waals surface area (Å²) in [6.07, 6.45) is 0.927. The van der Waals surface area contributed by atoms with Crippen LogP contribution in [-0.2, 0) is 6.42 Å². The van der Waals surface area contributed by atoms with E-state index in [0.29, 0.717) is 16.9 Å². The molecular formula is C22H19FO2. The van der Waals surface area contributed by atoms with Gasteiger partial charge in [-0.1, -0.05) is 43.3 Å². The molecule has 0 spiro atoms. The lowest BCUT2D eigenvalue weighted by Gasteiger charge is -2.07. The van der Waals surface area contributed by atoms with Crippen LogP contribution in [0.3, 0.4) is 0 Å². The molecule has 2 nitrogen and oxygen atoms in total. The molecule has 0 saturated carbocycles. The lowest BCUT2D eigenvalue weighted by molar-refractivity contribution is 0.0735. The van der Waals surface area contributed by atoms with Gasteiger partial charge in [-0.2, -0.15) is 0 Å². The third kappa shape index (κ3) is 3.94. The van der Waals surface area contributed by atoms with Crippen LogP contribution >= 0.6 is 0 Å². The highest BCUT2D eigenvalue weighted by atomic mass is 19.1. The lowest BCUT2D eigenvalue weighted by Crippen LogP contribution is -2.08. The maximum atomic E-state index is 13.7. The molecule has 0 aromatic heterocycles. The van der Waals surface area contributed by atoms with E-state index in [9.17, 15) is 9.18 Å². The van der Waals surface area contributed by atoms with Crippen LogP contribution in [0.2, 0.25) is 0 Å². The van der Waals surface area contributed by atoms with Crippen molar-refractivity contribution < 1.29 is 13.9 Å². The molecule has 0 N–H and O–H groups in total. The topological polar surface area (TPSA) is 26.3 Å². The van der Waals surface area contributed by atoms with Crippen molar-refractivity contribution in [3.63, 3.8) is 0 Å². The molecule has 0 aliphatic heterocycles. The molecule has 0 saturated heterocycles. The van der Waals surface area contributed by atoms with Crippen LogP contribution in [0.4, 0.5) is 4.39 Å². The van der Waals surface area contributed by atoms with Crippen LogP contribution < -0.4 is 4.74 Å². The summed E-state index contributed by atoms with van der Waals surface area (Å²) in [5.74, 6) is -0.166. The number of esters is 1. The minimum absolute atomic E-state index is 0.233.